The van der Waals surface area contributed by atoms with Crippen molar-refractivity contribution in [3.63, 3.8) is 0 Å². The number of nitrogens with zero attached hydrogens (tertiary/aromatic N) is 2. The van der Waals surface area contributed by atoms with Crippen LogP contribution >= 0.6 is 0 Å². The summed E-state index contributed by atoms with van der Waals surface area (Å²) in [4.78, 5) is 14.7. The summed E-state index contributed by atoms with van der Waals surface area (Å²) in [6, 6.07) is 1.74. The normalized spacial score (nSPS) is 44.6. The summed E-state index contributed by atoms with van der Waals surface area (Å²) in [6.07, 6.45) is 6.56. The van der Waals surface area contributed by atoms with Crippen LogP contribution in [0.1, 0.15) is 52.4 Å². The lowest BCUT2D eigenvalue weighted by molar-refractivity contribution is -0.137. The molecular weight excluding hydrogens is 250 g/mol. The van der Waals surface area contributed by atoms with Crippen LogP contribution in [0.4, 0.5) is 0 Å². The van der Waals surface area contributed by atoms with Gasteiger partial charge in [-0.1, -0.05) is 6.92 Å². The predicted molar refractivity (Wildman–Crippen MR) is 76.5 cm³/mol. The Balaban J connectivity index is 1.80. The molecule has 0 spiro atoms. The van der Waals surface area contributed by atoms with E-state index < -0.39 is 6.04 Å². The van der Waals surface area contributed by atoms with E-state index in [2.05, 4.69) is 19.9 Å². The van der Waals surface area contributed by atoms with E-state index in [0.717, 1.165) is 31.6 Å². The second-order valence-corrected chi connectivity index (χ2v) is 7.33. The molecule has 110 valence electrons. The van der Waals surface area contributed by atoms with Crippen molar-refractivity contribution in [2.24, 2.45) is 23.0 Å². The zero-order chi connectivity index (χ0) is 14.5. The van der Waals surface area contributed by atoms with E-state index in [-0.39, 0.29) is 23.4 Å². The number of carbonyl (C=O) groups is 1. The fourth-order valence-corrected chi connectivity index (χ4v) is 4.79. The maximum absolute atomic E-state index is 12.9. The molecular formula is C16H25N3O. The standard InChI is InChI=1S/C16H25N3O/c1-10-7-13(9-17)19(11(10)2)15(20)14(18)16-5-3-12(8-16)4-6-16/h10-14H,3-8,18H2,1-2H3/t10-,11?,12?,13-,14+,16?/m0/s1. The molecule has 0 aromatic heterocycles. The number of carbonyl (C=O) groups excluding carboxylic acids is 1. The fraction of sp³-hybridized carbons (Fsp3) is 0.875. The maximum atomic E-state index is 12.9. The Morgan fingerprint density at radius 1 is 1.40 bits per heavy atom. The molecule has 4 heteroatoms. The molecule has 1 aliphatic heterocycles. The second-order valence-electron chi connectivity index (χ2n) is 7.33. The SMILES string of the molecule is CC1[C@@H](C)C[C@@H](C#N)N1C(=O)[C@@H](N)C12CCC(CC1)C2. The molecule has 3 aliphatic rings. The van der Waals surface area contributed by atoms with Crippen LogP contribution in [0, 0.1) is 28.6 Å². The number of hydrogen-bond donors (Lipinski definition) is 1. The van der Waals surface area contributed by atoms with Gasteiger partial charge in [-0.05, 0) is 62.7 Å². The minimum absolute atomic E-state index is 0.0240. The summed E-state index contributed by atoms with van der Waals surface area (Å²) in [5.74, 6) is 1.19. The highest BCUT2D eigenvalue weighted by atomic mass is 16.2. The Morgan fingerprint density at radius 3 is 2.55 bits per heavy atom. The molecule has 1 saturated heterocycles. The Hall–Kier alpha value is -1.08. The molecule has 3 rings (SSSR count). The van der Waals surface area contributed by atoms with Crippen LogP contribution in [0.25, 0.3) is 0 Å². The minimum Gasteiger partial charge on any atom is -0.322 e. The summed E-state index contributed by atoms with van der Waals surface area (Å²) < 4.78 is 0. The van der Waals surface area contributed by atoms with Gasteiger partial charge in [0, 0.05) is 6.04 Å². The van der Waals surface area contributed by atoms with Crippen molar-refractivity contribution >= 4 is 5.91 Å². The van der Waals surface area contributed by atoms with Gasteiger partial charge in [0.15, 0.2) is 0 Å². The summed E-state index contributed by atoms with van der Waals surface area (Å²) >= 11 is 0. The Morgan fingerprint density at radius 2 is 2.05 bits per heavy atom. The molecule has 1 unspecified atom stereocenters. The zero-order valence-corrected chi connectivity index (χ0v) is 12.5. The first-order valence-electron chi connectivity index (χ1n) is 7.96. The summed E-state index contributed by atoms with van der Waals surface area (Å²) in [6.45, 7) is 4.17. The average molecular weight is 275 g/mol. The molecule has 0 aromatic carbocycles. The number of likely N-dealkylation sites (tertiary alicyclic amines) is 1. The van der Waals surface area contributed by atoms with E-state index in [4.69, 9.17) is 5.73 Å². The predicted octanol–water partition coefficient (Wildman–Crippen LogP) is 2.04. The number of fused-ring (bicyclic) bond motifs is 2. The second kappa shape index (κ2) is 4.73. The lowest BCUT2D eigenvalue weighted by Crippen LogP contribution is -2.55. The van der Waals surface area contributed by atoms with Crippen LogP contribution in [-0.2, 0) is 4.79 Å². The fourth-order valence-electron chi connectivity index (χ4n) is 4.79. The highest BCUT2D eigenvalue weighted by Gasteiger charge is 2.53. The topological polar surface area (TPSA) is 70.1 Å². The molecule has 2 bridgehead atoms. The molecule has 4 atom stereocenters. The number of hydrogen-bond acceptors (Lipinski definition) is 3. The summed E-state index contributed by atoms with van der Waals surface area (Å²) in [5.41, 5.74) is 6.43. The average Bonchev–Trinajstić information content (AvgIpc) is 3.12. The van der Waals surface area contributed by atoms with Crippen molar-refractivity contribution < 1.29 is 4.79 Å². The van der Waals surface area contributed by atoms with E-state index in [1.54, 1.807) is 4.90 Å². The van der Waals surface area contributed by atoms with Crippen LogP contribution in [-0.4, -0.2) is 28.9 Å². The largest absolute Gasteiger partial charge is 0.322 e. The van der Waals surface area contributed by atoms with Gasteiger partial charge in [-0.25, -0.2) is 0 Å². The summed E-state index contributed by atoms with van der Waals surface area (Å²) in [5, 5.41) is 9.31. The van der Waals surface area contributed by atoms with Gasteiger partial charge in [0.25, 0.3) is 0 Å². The zero-order valence-electron chi connectivity index (χ0n) is 12.5. The van der Waals surface area contributed by atoms with Gasteiger partial charge in [0.1, 0.15) is 6.04 Å². The van der Waals surface area contributed by atoms with Crippen molar-refractivity contribution in [2.75, 3.05) is 0 Å². The molecule has 2 aliphatic carbocycles. The van der Waals surface area contributed by atoms with Crippen LogP contribution in [0.3, 0.4) is 0 Å². The number of nitrogens with two attached hydrogens (primary N) is 1. The summed E-state index contributed by atoms with van der Waals surface area (Å²) in [7, 11) is 0. The number of rotatable bonds is 2. The van der Waals surface area contributed by atoms with E-state index in [9.17, 15) is 10.1 Å². The van der Waals surface area contributed by atoms with Crippen molar-refractivity contribution in [1.82, 2.24) is 4.90 Å². The van der Waals surface area contributed by atoms with Gasteiger partial charge in [-0.15, -0.1) is 0 Å². The first kappa shape index (κ1) is 13.9. The van der Waals surface area contributed by atoms with Gasteiger partial charge in [-0.3, -0.25) is 4.79 Å². The van der Waals surface area contributed by atoms with Crippen LogP contribution < -0.4 is 5.73 Å². The van der Waals surface area contributed by atoms with Gasteiger partial charge in [0.05, 0.1) is 12.1 Å². The smallest absolute Gasteiger partial charge is 0.241 e. The third kappa shape index (κ3) is 1.87. The first-order chi connectivity index (χ1) is 9.48. The molecule has 1 amide bonds. The van der Waals surface area contributed by atoms with E-state index in [0.29, 0.717) is 5.92 Å². The van der Waals surface area contributed by atoms with Gasteiger partial charge < -0.3 is 10.6 Å². The molecule has 2 saturated carbocycles. The Bertz CT molecular complexity index is 447. The van der Waals surface area contributed by atoms with Crippen LogP contribution in [0.15, 0.2) is 0 Å². The minimum atomic E-state index is -0.404. The Labute approximate surface area is 121 Å². The Kier molecular flexibility index (Phi) is 3.29. The first-order valence-corrected chi connectivity index (χ1v) is 7.96. The molecule has 3 fully saturated rings. The quantitative estimate of drug-likeness (QED) is 0.838. The lowest BCUT2D eigenvalue weighted by Gasteiger charge is -2.37. The molecule has 0 aromatic rings. The number of amides is 1. The van der Waals surface area contributed by atoms with Crippen molar-refractivity contribution in [3.05, 3.63) is 0 Å². The monoisotopic (exact) mass is 275 g/mol. The van der Waals surface area contributed by atoms with Gasteiger partial charge in [0.2, 0.25) is 5.91 Å². The highest BCUT2D eigenvalue weighted by Crippen LogP contribution is 2.56. The number of nitriles is 1. The van der Waals surface area contributed by atoms with Crippen molar-refractivity contribution in [2.45, 2.75) is 70.5 Å². The lowest BCUT2D eigenvalue weighted by atomic mass is 9.77. The van der Waals surface area contributed by atoms with Crippen LogP contribution in [0.5, 0.6) is 0 Å². The third-order valence-electron chi connectivity index (χ3n) is 6.32. The van der Waals surface area contributed by atoms with Crippen LogP contribution in [0.2, 0.25) is 0 Å². The maximum Gasteiger partial charge on any atom is 0.241 e. The van der Waals surface area contributed by atoms with Gasteiger partial charge in [-0.2, -0.15) is 5.26 Å². The third-order valence-corrected chi connectivity index (χ3v) is 6.32. The molecule has 20 heavy (non-hydrogen) atoms. The molecule has 0 radical (unpaired) electrons. The molecule has 4 nitrogen and oxygen atoms in total. The van der Waals surface area contributed by atoms with E-state index in [1.807, 2.05) is 0 Å². The van der Waals surface area contributed by atoms with E-state index in [1.165, 1.54) is 12.8 Å². The molecule has 1 heterocycles. The van der Waals surface area contributed by atoms with Crippen molar-refractivity contribution in [3.8, 4) is 6.07 Å². The van der Waals surface area contributed by atoms with E-state index >= 15 is 0 Å². The van der Waals surface area contributed by atoms with Gasteiger partial charge >= 0.3 is 0 Å². The van der Waals surface area contributed by atoms with Crippen molar-refractivity contribution in [1.29, 1.82) is 5.26 Å². The highest BCUT2D eigenvalue weighted by molar-refractivity contribution is 5.84. The molecule has 2 N–H and O–H groups in total.